The van der Waals surface area contributed by atoms with E-state index in [-0.39, 0.29) is 59.2 Å². The average molecular weight is 763 g/mol. The van der Waals surface area contributed by atoms with Gasteiger partial charge in [0.1, 0.15) is 23.1 Å². The first kappa shape index (κ1) is 35.6. The fourth-order valence-electron chi connectivity index (χ4n) is 9.44. The van der Waals surface area contributed by atoms with Crippen LogP contribution in [0.5, 0.6) is 17.2 Å². The summed E-state index contributed by atoms with van der Waals surface area (Å²) < 4.78 is 25.1. The molecule has 3 aliphatic heterocycles. The molecule has 53 heavy (non-hydrogen) atoms. The lowest BCUT2D eigenvalue weighted by atomic mass is 9.56. The summed E-state index contributed by atoms with van der Waals surface area (Å²) in [6.45, 7) is 2.21. The molecule has 3 aromatic carbocycles. The predicted molar refractivity (Wildman–Crippen MR) is 194 cm³/mol. The lowest BCUT2D eigenvalue weighted by Crippen LogP contribution is -2.60. The molecule has 4 fully saturated rings. The van der Waals surface area contributed by atoms with E-state index in [1.54, 1.807) is 0 Å². The Morgan fingerprint density at radius 3 is 2.25 bits per heavy atom. The smallest absolute Gasteiger partial charge is 0.258 e. The number of piperidine rings is 1. The van der Waals surface area contributed by atoms with Gasteiger partial charge in [0.2, 0.25) is 11.8 Å². The van der Waals surface area contributed by atoms with Crippen LogP contribution in [0.3, 0.4) is 0 Å². The quantitative estimate of drug-likeness (QED) is 0.183. The summed E-state index contributed by atoms with van der Waals surface area (Å²) in [5.74, 6) is -6.47. The van der Waals surface area contributed by atoms with Crippen molar-refractivity contribution in [3.05, 3.63) is 95.3 Å². The molecule has 8 rings (SSSR count). The van der Waals surface area contributed by atoms with Crippen molar-refractivity contribution in [3.8, 4) is 17.2 Å². The van der Waals surface area contributed by atoms with Gasteiger partial charge >= 0.3 is 0 Å². The second kappa shape index (κ2) is 13.1. The van der Waals surface area contributed by atoms with Crippen molar-refractivity contribution < 1.29 is 38.1 Å². The summed E-state index contributed by atoms with van der Waals surface area (Å²) in [6, 6.07) is 17.5. The van der Waals surface area contributed by atoms with Crippen molar-refractivity contribution in [2.24, 2.45) is 17.8 Å². The number of phenols is 1. The van der Waals surface area contributed by atoms with Gasteiger partial charge in [0.15, 0.2) is 9.75 Å². The number of likely N-dealkylation sites (tertiary alicyclic amines) is 2. The van der Waals surface area contributed by atoms with E-state index < -0.39 is 51.1 Å². The van der Waals surface area contributed by atoms with Crippen LogP contribution in [-0.4, -0.2) is 81.6 Å². The van der Waals surface area contributed by atoms with E-state index in [0.717, 1.165) is 23.6 Å². The normalized spacial score (nSPS) is 30.2. The Hall–Kier alpha value is -4.45. The Bertz CT molecular complexity index is 2040. The van der Waals surface area contributed by atoms with Crippen LogP contribution in [-0.2, 0) is 25.7 Å². The zero-order chi connectivity index (χ0) is 37.4. The lowest BCUT2D eigenvalue weighted by Gasteiger charge is -2.51. The van der Waals surface area contributed by atoms with Gasteiger partial charge in [0.05, 0.1) is 31.7 Å². The molecule has 3 aromatic rings. The van der Waals surface area contributed by atoms with E-state index in [9.17, 15) is 28.7 Å². The number of amides is 4. The minimum Gasteiger partial charge on any atom is -0.507 e. The number of halogens is 3. The number of imide groups is 2. The highest BCUT2D eigenvalue weighted by molar-refractivity contribution is 6.58. The van der Waals surface area contributed by atoms with Crippen LogP contribution in [0.2, 0.25) is 0 Å². The molecule has 0 bridgehead atoms. The molecule has 6 atom stereocenters. The molecule has 4 amide bonds. The summed E-state index contributed by atoms with van der Waals surface area (Å²) in [5, 5.41) is 11.6. The SMILES string of the molecule is COc1cc(O)c(C2C3=CCC4C(=O)N(C5CCN(Cc6ccccc6)CC5)C(=O)C4C3CC3(Cl)C(=O)N(c4ccc(F)cc4)C(=O)C23Cl)c(OC)c1. The molecule has 1 N–H and O–H groups in total. The van der Waals surface area contributed by atoms with Gasteiger partial charge < -0.3 is 14.6 Å². The van der Waals surface area contributed by atoms with Crippen LogP contribution in [0.15, 0.2) is 78.4 Å². The van der Waals surface area contributed by atoms with Gasteiger partial charge in [-0.3, -0.25) is 29.0 Å². The van der Waals surface area contributed by atoms with Crippen molar-refractivity contribution in [3.63, 3.8) is 0 Å². The summed E-state index contributed by atoms with van der Waals surface area (Å²) >= 11 is 15.0. The Labute approximate surface area is 316 Å². The number of fused-ring (bicyclic) bond motifs is 4. The predicted octanol–water partition coefficient (Wildman–Crippen LogP) is 5.78. The second-order valence-corrected chi connectivity index (χ2v) is 15.8. The molecule has 13 heteroatoms. The Morgan fingerprint density at radius 1 is 0.887 bits per heavy atom. The third-order valence-electron chi connectivity index (χ3n) is 11.9. The molecule has 3 saturated heterocycles. The van der Waals surface area contributed by atoms with E-state index in [4.69, 9.17) is 32.7 Å². The minimum atomic E-state index is -2.23. The topological polar surface area (TPSA) is 117 Å². The van der Waals surface area contributed by atoms with Crippen molar-refractivity contribution in [2.75, 3.05) is 32.2 Å². The van der Waals surface area contributed by atoms with Crippen molar-refractivity contribution in [1.82, 2.24) is 9.80 Å². The number of ether oxygens (including phenoxy) is 2. The van der Waals surface area contributed by atoms with Crippen molar-refractivity contribution in [2.45, 2.75) is 53.9 Å². The van der Waals surface area contributed by atoms with Crippen LogP contribution in [0, 0.1) is 23.6 Å². The zero-order valence-corrected chi connectivity index (χ0v) is 30.6. The maximum atomic E-state index is 14.7. The zero-order valence-electron chi connectivity index (χ0n) is 29.1. The molecule has 0 spiro atoms. The van der Waals surface area contributed by atoms with Gasteiger partial charge in [0.25, 0.3) is 11.8 Å². The first-order valence-corrected chi connectivity index (χ1v) is 18.5. The fraction of sp³-hybridized carbons (Fsp3) is 0.400. The summed E-state index contributed by atoms with van der Waals surface area (Å²) in [7, 11) is 2.80. The first-order valence-electron chi connectivity index (χ1n) is 17.7. The minimum absolute atomic E-state index is 0.0623. The maximum Gasteiger partial charge on any atom is 0.258 e. The molecule has 5 aliphatic rings. The number of aromatic hydroxyl groups is 1. The van der Waals surface area contributed by atoms with Gasteiger partial charge in [-0.1, -0.05) is 42.0 Å². The molecule has 276 valence electrons. The molecule has 0 radical (unpaired) electrons. The average Bonchev–Trinajstić information content (AvgIpc) is 3.50. The van der Waals surface area contributed by atoms with Gasteiger partial charge in [-0.2, -0.15) is 0 Å². The van der Waals surface area contributed by atoms with E-state index in [1.807, 2.05) is 24.3 Å². The number of alkyl halides is 2. The van der Waals surface area contributed by atoms with E-state index in [2.05, 4.69) is 17.0 Å². The van der Waals surface area contributed by atoms with Crippen LogP contribution in [0.4, 0.5) is 10.1 Å². The number of carbonyl (C=O) groups is 4. The summed E-state index contributed by atoms with van der Waals surface area (Å²) in [4.78, 5) is 58.3. The standard InChI is InChI=1S/C40H38Cl2FN3O7/c1-52-26-18-30(47)33(31(19-26)53-2)34-27-12-13-28-32(36(49)45(35(28)48)25-14-16-44(17-15-25)21-22-6-4-3-5-7-22)29(27)20-39(41)37(50)46(38(51)40(34,39)42)24-10-8-23(43)9-11-24/h3-12,18-19,25,28-29,32,34,47H,13-17,20-21H2,1-2H3. The highest BCUT2D eigenvalue weighted by Gasteiger charge is 2.77. The highest BCUT2D eigenvalue weighted by atomic mass is 35.5. The number of methoxy groups -OCH3 is 2. The van der Waals surface area contributed by atoms with Crippen molar-refractivity contribution >= 4 is 52.5 Å². The molecule has 6 unspecified atom stereocenters. The third-order valence-corrected chi connectivity index (χ3v) is 13.4. The molecule has 1 saturated carbocycles. The number of carbonyl (C=O) groups excluding carboxylic acids is 4. The Kier molecular flexibility index (Phi) is 8.82. The molecular weight excluding hydrogens is 724 g/mol. The van der Waals surface area contributed by atoms with Crippen LogP contribution < -0.4 is 14.4 Å². The number of nitrogens with zero attached hydrogens (tertiary/aromatic N) is 3. The second-order valence-electron chi connectivity index (χ2n) is 14.6. The Balaban J connectivity index is 1.19. The van der Waals surface area contributed by atoms with E-state index >= 15 is 0 Å². The summed E-state index contributed by atoms with van der Waals surface area (Å²) in [5.41, 5.74) is 1.86. The van der Waals surface area contributed by atoms with Crippen LogP contribution in [0.1, 0.15) is 42.7 Å². The molecular formula is C40H38Cl2FN3O7. The first-order chi connectivity index (χ1) is 25.4. The van der Waals surface area contributed by atoms with E-state index in [0.29, 0.717) is 31.5 Å². The lowest BCUT2D eigenvalue weighted by molar-refractivity contribution is -0.144. The van der Waals surface area contributed by atoms with Crippen LogP contribution in [0.25, 0.3) is 0 Å². The number of anilines is 1. The van der Waals surface area contributed by atoms with Gasteiger partial charge in [-0.05, 0) is 61.4 Å². The summed E-state index contributed by atoms with van der Waals surface area (Å²) in [6.07, 6.45) is 3.02. The van der Waals surface area contributed by atoms with Crippen molar-refractivity contribution in [1.29, 1.82) is 0 Å². The van der Waals surface area contributed by atoms with Gasteiger partial charge in [0, 0.05) is 49.3 Å². The largest absolute Gasteiger partial charge is 0.507 e. The highest BCUT2D eigenvalue weighted by Crippen LogP contribution is 2.67. The van der Waals surface area contributed by atoms with Gasteiger partial charge in [-0.25, -0.2) is 9.29 Å². The molecule has 10 nitrogen and oxygen atoms in total. The maximum absolute atomic E-state index is 14.7. The number of allylic oxidation sites excluding steroid dienone is 2. The van der Waals surface area contributed by atoms with Gasteiger partial charge in [-0.15, -0.1) is 23.2 Å². The molecule has 3 heterocycles. The number of phenolic OH excluding ortho intramolecular Hbond substituents is 1. The monoisotopic (exact) mass is 761 g/mol. The number of hydrogen-bond acceptors (Lipinski definition) is 8. The number of rotatable bonds is 7. The third kappa shape index (κ3) is 5.29. The number of hydrogen-bond donors (Lipinski definition) is 1. The van der Waals surface area contributed by atoms with E-state index in [1.165, 1.54) is 48.9 Å². The molecule has 0 aromatic heterocycles. The molecule has 2 aliphatic carbocycles. The fourth-order valence-corrected chi connectivity index (χ4v) is 10.4. The Morgan fingerprint density at radius 2 is 1.58 bits per heavy atom. The number of benzene rings is 3. The van der Waals surface area contributed by atoms with Crippen LogP contribution >= 0.6 is 23.2 Å².